The van der Waals surface area contributed by atoms with Crippen molar-refractivity contribution in [1.82, 2.24) is 4.90 Å². The third kappa shape index (κ3) is 4.04. The van der Waals surface area contributed by atoms with Crippen molar-refractivity contribution in [2.75, 3.05) is 32.3 Å². The van der Waals surface area contributed by atoms with Crippen LogP contribution in [0.3, 0.4) is 0 Å². The van der Waals surface area contributed by atoms with Crippen LogP contribution in [-0.2, 0) is 4.79 Å². The molecule has 2 aromatic rings. The van der Waals surface area contributed by atoms with E-state index in [1.54, 1.807) is 23.1 Å². The summed E-state index contributed by atoms with van der Waals surface area (Å²) in [7, 11) is 2.98. The van der Waals surface area contributed by atoms with Gasteiger partial charge in [-0.25, -0.2) is 4.39 Å². The lowest BCUT2D eigenvalue weighted by Gasteiger charge is -2.28. The van der Waals surface area contributed by atoms with E-state index >= 15 is 0 Å². The van der Waals surface area contributed by atoms with Gasteiger partial charge in [0.25, 0.3) is 5.91 Å². The van der Waals surface area contributed by atoms with Gasteiger partial charge in [0, 0.05) is 24.2 Å². The summed E-state index contributed by atoms with van der Waals surface area (Å²) in [5.41, 5.74) is 0.732. The Morgan fingerprint density at radius 1 is 1.18 bits per heavy atom. The number of anilines is 1. The molecule has 0 unspecified atom stereocenters. The lowest BCUT2D eigenvalue weighted by molar-refractivity contribution is -0.127. The van der Waals surface area contributed by atoms with E-state index in [1.807, 2.05) is 0 Å². The molecule has 28 heavy (non-hydrogen) atoms. The van der Waals surface area contributed by atoms with Gasteiger partial charge >= 0.3 is 0 Å². The zero-order chi connectivity index (χ0) is 20.3. The molecular formula is C20H20ClFN2O4. The largest absolute Gasteiger partial charge is 0.493 e. The van der Waals surface area contributed by atoms with Gasteiger partial charge in [-0.15, -0.1) is 0 Å². The maximum atomic E-state index is 13.6. The number of hydrogen-bond acceptors (Lipinski definition) is 4. The van der Waals surface area contributed by atoms with Crippen LogP contribution < -0.4 is 14.4 Å². The molecule has 0 N–H and O–H groups in total. The molecule has 0 atom stereocenters. The van der Waals surface area contributed by atoms with Crippen LogP contribution in [0.15, 0.2) is 36.4 Å². The van der Waals surface area contributed by atoms with Gasteiger partial charge in [0.1, 0.15) is 12.5 Å². The van der Waals surface area contributed by atoms with Crippen LogP contribution >= 0.6 is 11.6 Å². The van der Waals surface area contributed by atoms with Gasteiger partial charge in [-0.2, -0.15) is 0 Å². The second-order valence-electron chi connectivity index (χ2n) is 6.30. The van der Waals surface area contributed by atoms with Crippen LogP contribution in [0.2, 0.25) is 5.02 Å². The van der Waals surface area contributed by atoms with E-state index in [0.717, 1.165) is 6.42 Å². The fourth-order valence-electron chi connectivity index (χ4n) is 3.07. The van der Waals surface area contributed by atoms with E-state index in [-0.39, 0.29) is 23.5 Å². The number of carbonyl (C=O) groups excluding carboxylic acids is 2. The number of ether oxygens (including phenoxy) is 2. The van der Waals surface area contributed by atoms with Crippen molar-refractivity contribution in [1.29, 1.82) is 0 Å². The van der Waals surface area contributed by atoms with Gasteiger partial charge in [-0.3, -0.25) is 14.5 Å². The Hall–Kier alpha value is -2.80. The number of benzene rings is 2. The van der Waals surface area contributed by atoms with Crippen LogP contribution in [0.1, 0.15) is 23.2 Å². The van der Waals surface area contributed by atoms with Gasteiger partial charge in [0.05, 0.1) is 19.2 Å². The van der Waals surface area contributed by atoms with Crippen molar-refractivity contribution >= 4 is 29.1 Å². The third-order valence-corrected chi connectivity index (χ3v) is 4.86. The molecular weight excluding hydrogens is 387 g/mol. The number of likely N-dealkylation sites (tertiary alicyclic amines) is 1. The normalized spacial score (nSPS) is 13.6. The van der Waals surface area contributed by atoms with E-state index in [4.69, 9.17) is 21.1 Å². The molecule has 1 saturated heterocycles. The summed E-state index contributed by atoms with van der Waals surface area (Å²) in [5, 5.41) is -0.102. The number of amides is 2. The average molecular weight is 407 g/mol. The van der Waals surface area contributed by atoms with Crippen LogP contribution in [0.25, 0.3) is 0 Å². The van der Waals surface area contributed by atoms with Crippen LogP contribution in [0, 0.1) is 5.82 Å². The number of carbonyl (C=O) groups is 2. The zero-order valence-electron chi connectivity index (χ0n) is 15.6. The summed E-state index contributed by atoms with van der Waals surface area (Å²) in [6, 6.07) is 8.82. The van der Waals surface area contributed by atoms with E-state index in [9.17, 15) is 14.0 Å². The van der Waals surface area contributed by atoms with Crippen molar-refractivity contribution in [2.24, 2.45) is 0 Å². The summed E-state index contributed by atoms with van der Waals surface area (Å²) in [4.78, 5) is 28.3. The maximum absolute atomic E-state index is 13.6. The van der Waals surface area contributed by atoms with Gasteiger partial charge in [-0.1, -0.05) is 11.6 Å². The summed E-state index contributed by atoms with van der Waals surface area (Å²) < 4.78 is 24.1. The Labute approximate surface area is 167 Å². The predicted octanol–water partition coefficient (Wildman–Crippen LogP) is 3.72. The Bertz CT molecular complexity index is 906. The molecule has 2 amide bonds. The standard InChI is InChI=1S/C20H20ClFN2O4/c1-27-17-8-5-13(10-18(17)28-2)20(26)24(12-23-9-3-4-19(23)25)14-6-7-16(22)15(21)11-14/h5-8,10-11H,3-4,9,12H2,1-2H3. The molecule has 0 bridgehead atoms. The van der Waals surface area contributed by atoms with Crippen molar-refractivity contribution in [3.8, 4) is 11.5 Å². The van der Waals surface area contributed by atoms with Gasteiger partial charge < -0.3 is 14.4 Å². The minimum atomic E-state index is -0.582. The maximum Gasteiger partial charge on any atom is 0.259 e. The third-order valence-electron chi connectivity index (χ3n) is 4.57. The molecule has 1 fully saturated rings. The zero-order valence-corrected chi connectivity index (χ0v) is 16.3. The average Bonchev–Trinajstić information content (AvgIpc) is 3.11. The second kappa shape index (κ2) is 8.48. The van der Waals surface area contributed by atoms with E-state index in [2.05, 4.69) is 0 Å². The molecule has 3 rings (SSSR count). The summed E-state index contributed by atoms with van der Waals surface area (Å²) in [6.45, 7) is 0.609. The highest BCUT2D eigenvalue weighted by atomic mass is 35.5. The Kier molecular flexibility index (Phi) is 6.04. The molecule has 148 valence electrons. The first kappa shape index (κ1) is 19.9. The van der Waals surface area contributed by atoms with Gasteiger partial charge in [-0.05, 0) is 42.8 Å². The molecule has 2 aromatic carbocycles. The Balaban J connectivity index is 1.98. The fraction of sp³-hybridized carbons (Fsp3) is 0.300. The summed E-state index contributed by atoms with van der Waals surface area (Å²) in [5.74, 6) is -0.0873. The van der Waals surface area contributed by atoms with Crippen LogP contribution in [-0.4, -0.2) is 44.1 Å². The molecule has 8 heteroatoms. The topological polar surface area (TPSA) is 59.1 Å². The monoisotopic (exact) mass is 406 g/mol. The number of hydrogen-bond donors (Lipinski definition) is 0. The molecule has 1 heterocycles. The highest BCUT2D eigenvalue weighted by Crippen LogP contribution is 2.30. The molecule has 0 aromatic heterocycles. The predicted molar refractivity (Wildman–Crippen MR) is 104 cm³/mol. The number of rotatable bonds is 6. The number of methoxy groups -OCH3 is 2. The van der Waals surface area contributed by atoms with E-state index in [0.29, 0.717) is 35.7 Å². The van der Waals surface area contributed by atoms with E-state index < -0.39 is 5.82 Å². The van der Waals surface area contributed by atoms with Crippen LogP contribution in [0.5, 0.6) is 11.5 Å². The highest BCUT2D eigenvalue weighted by Gasteiger charge is 2.27. The SMILES string of the molecule is COc1ccc(C(=O)N(CN2CCCC2=O)c2ccc(F)c(Cl)c2)cc1OC. The van der Waals surface area contributed by atoms with Crippen molar-refractivity contribution in [3.63, 3.8) is 0 Å². The quantitative estimate of drug-likeness (QED) is 0.733. The van der Waals surface area contributed by atoms with Crippen molar-refractivity contribution < 1.29 is 23.5 Å². The highest BCUT2D eigenvalue weighted by molar-refractivity contribution is 6.31. The molecule has 1 aliphatic rings. The van der Waals surface area contributed by atoms with E-state index in [1.165, 1.54) is 37.3 Å². The lowest BCUT2D eigenvalue weighted by Crippen LogP contribution is -2.42. The first-order valence-corrected chi connectivity index (χ1v) is 9.09. The smallest absolute Gasteiger partial charge is 0.259 e. The van der Waals surface area contributed by atoms with Crippen LogP contribution in [0.4, 0.5) is 10.1 Å². The molecule has 1 aliphatic heterocycles. The first-order valence-electron chi connectivity index (χ1n) is 8.71. The molecule has 0 radical (unpaired) electrons. The summed E-state index contributed by atoms with van der Waals surface area (Å²) >= 11 is 5.91. The molecule has 0 aliphatic carbocycles. The van der Waals surface area contributed by atoms with Gasteiger partial charge in [0.15, 0.2) is 11.5 Å². The molecule has 6 nitrogen and oxygen atoms in total. The number of halogens is 2. The minimum Gasteiger partial charge on any atom is -0.493 e. The lowest BCUT2D eigenvalue weighted by atomic mass is 10.1. The van der Waals surface area contributed by atoms with Crippen molar-refractivity contribution in [3.05, 3.63) is 52.8 Å². The number of nitrogens with zero attached hydrogens (tertiary/aromatic N) is 2. The van der Waals surface area contributed by atoms with Crippen molar-refractivity contribution in [2.45, 2.75) is 12.8 Å². The Morgan fingerprint density at radius 2 is 1.93 bits per heavy atom. The molecule has 0 spiro atoms. The minimum absolute atomic E-state index is 0.0293. The fourth-order valence-corrected chi connectivity index (χ4v) is 3.24. The first-order chi connectivity index (χ1) is 13.4. The summed E-state index contributed by atoms with van der Waals surface area (Å²) in [6.07, 6.45) is 1.18. The molecule has 0 saturated carbocycles. The second-order valence-corrected chi connectivity index (χ2v) is 6.71. The van der Waals surface area contributed by atoms with Gasteiger partial charge in [0.2, 0.25) is 5.91 Å². The Morgan fingerprint density at radius 3 is 2.54 bits per heavy atom.